The summed E-state index contributed by atoms with van der Waals surface area (Å²) in [6, 6.07) is 7.91. The van der Waals surface area contributed by atoms with Crippen molar-refractivity contribution >= 4 is 11.5 Å². The van der Waals surface area contributed by atoms with Crippen LogP contribution in [0, 0.1) is 0 Å². The quantitative estimate of drug-likeness (QED) is 0.825. The number of amidine groups is 1. The predicted molar refractivity (Wildman–Crippen MR) is 74.9 cm³/mol. The summed E-state index contributed by atoms with van der Waals surface area (Å²) in [5.41, 5.74) is 0.207. The van der Waals surface area contributed by atoms with Crippen LogP contribution in [0.15, 0.2) is 24.3 Å². The molecule has 0 amide bonds. The van der Waals surface area contributed by atoms with Gasteiger partial charge in [0.1, 0.15) is 11.4 Å². The highest BCUT2D eigenvalue weighted by molar-refractivity contribution is 5.96. The molecule has 0 saturated heterocycles. The topological polar surface area (TPSA) is 35.7 Å². The van der Waals surface area contributed by atoms with Crippen molar-refractivity contribution in [3.63, 3.8) is 0 Å². The molecular weight excluding hydrogens is 240 g/mol. The summed E-state index contributed by atoms with van der Waals surface area (Å²) >= 11 is 0. The Morgan fingerprint density at radius 3 is 2.68 bits per heavy atom. The lowest BCUT2D eigenvalue weighted by molar-refractivity contribution is -0.536. The average molecular weight is 261 g/mol. The summed E-state index contributed by atoms with van der Waals surface area (Å²) in [7, 11) is 1.67. The zero-order chi connectivity index (χ0) is 13.5. The maximum absolute atomic E-state index is 10.7. The van der Waals surface area contributed by atoms with Gasteiger partial charge in [-0.05, 0) is 37.1 Å². The molecule has 0 unspecified atom stereocenters. The summed E-state index contributed by atoms with van der Waals surface area (Å²) < 4.78 is 7.51. The molecule has 1 atom stereocenters. The number of methoxy groups -OCH3 is 1. The molecule has 0 radical (unpaired) electrons. The van der Waals surface area contributed by atoms with E-state index in [1.54, 1.807) is 7.11 Å². The van der Waals surface area contributed by atoms with Gasteiger partial charge in [-0.15, -0.1) is 0 Å². The molecule has 19 heavy (non-hydrogen) atoms. The maximum atomic E-state index is 10.7. The van der Waals surface area contributed by atoms with Crippen molar-refractivity contribution < 1.29 is 14.4 Å². The number of anilines is 1. The Labute approximate surface area is 113 Å². The summed E-state index contributed by atoms with van der Waals surface area (Å²) in [4.78, 5) is 2.08. The minimum absolute atomic E-state index is 0.689. The van der Waals surface area contributed by atoms with E-state index in [9.17, 15) is 5.11 Å². The standard InChI is InChI=1S/C15H21N2O2/c1-15(18)11-16-10-4-3-5-14(16)17(15)12-6-8-13(19-2)9-7-12/h6-9,18H,3-5,10-11H2,1-2H3/q+1/t15-/m1/s1. The Morgan fingerprint density at radius 1 is 1.26 bits per heavy atom. The van der Waals surface area contributed by atoms with E-state index < -0.39 is 5.72 Å². The van der Waals surface area contributed by atoms with Gasteiger partial charge in [0.25, 0.3) is 5.84 Å². The first-order valence-corrected chi connectivity index (χ1v) is 6.89. The van der Waals surface area contributed by atoms with Crippen molar-refractivity contribution in [1.82, 2.24) is 0 Å². The smallest absolute Gasteiger partial charge is 0.254 e. The lowest BCUT2D eigenvalue weighted by Crippen LogP contribution is -2.47. The first-order valence-electron chi connectivity index (χ1n) is 6.89. The van der Waals surface area contributed by atoms with Crippen molar-refractivity contribution in [1.29, 1.82) is 0 Å². The highest BCUT2D eigenvalue weighted by Crippen LogP contribution is 2.32. The lowest BCUT2D eigenvalue weighted by atomic mass is 10.1. The van der Waals surface area contributed by atoms with E-state index in [0.717, 1.165) is 24.4 Å². The molecule has 102 valence electrons. The van der Waals surface area contributed by atoms with Gasteiger partial charge in [0.2, 0.25) is 5.72 Å². The summed E-state index contributed by atoms with van der Waals surface area (Å²) in [6.07, 6.45) is 3.47. The monoisotopic (exact) mass is 261 g/mol. The molecule has 2 aliphatic heterocycles. The molecule has 0 aliphatic carbocycles. The van der Waals surface area contributed by atoms with Gasteiger partial charge in [0, 0.05) is 13.3 Å². The maximum Gasteiger partial charge on any atom is 0.254 e. The Hall–Kier alpha value is -1.55. The van der Waals surface area contributed by atoms with Crippen molar-refractivity contribution in [2.45, 2.75) is 31.9 Å². The third-order valence-corrected chi connectivity index (χ3v) is 4.00. The van der Waals surface area contributed by atoms with E-state index >= 15 is 0 Å². The Balaban J connectivity index is 1.98. The summed E-state index contributed by atoms with van der Waals surface area (Å²) in [5, 5.41) is 10.7. The van der Waals surface area contributed by atoms with Crippen LogP contribution in [0.5, 0.6) is 5.75 Å². The van der Waals surface area contributed by atoms with Crippen molar-refractivity contribution in [3.05, 3.63) is 24.3 Å². The van der Waals surface area contributed by atoms with Gasteiger partial charge in [-0.1, -0.05) is 0 Å². The van der Waals surface area contributed by atoms with Crippen LogP contribution in [0.3, 0.4) is 0 Å². The molecule has 0 spiro atoms. The number of aliphatic hydroxyl groups is 1. The molecule has 3 rings (SSSR count). The van der Waals surface area contributed by atoms with Crippen molar-refractivity contribution in [2.75, 3.05) is 25.1 Å². The van der Waals surface area contributed by atoms with Crippen LogP contribution in [-0.4, -0.2) is 41.4 Å². The molecule has 2 heterocycles. The molecule has 1 aromatic rings. The molecule has 2 aliphatic rings. The number of ether oxygens (including phenoxy) is 1. The van der Waals surface area contributed by atoms with Crippen LogP contribution < -0.4 is 9.64 Å². The third kappa shape index (κ3) is 2.10. The minimum Gasteiger partial charge on any atom is -0.497 e. The highest BCUT2D eigenvalue weighted by atomic mass is 16.5. The van der Waals surface area contributed by atoms with Crippen molar-refractivity contribution in [2.24, 2.45) is 0 Å². The fourth-order valence-corrected chi connectivity index (χ4v) is 3.17. The first kappa shape index (κ1) is 12.5. The van der Waals surface area contributed by atoms with E-state index in [4.69, 9.17) is 4.74 Å². The molecule has 0 fully saturated rings. The van der Waals surface area contributed by atoms with Crippen LogP contribution in [0.25, 0.3) is 0 Å². The second-order valence-corrected chi connectivity index (χ2v) is 5.55. The fourth-order valence-electron chi connectivity index (χ4n) is 3.17. The third-order valence-electron chi connectivity index (χ3n) is 4.00. The van der Waals surface area contributed by atoms with Crippen LogP contribution in [0.1, 0.15) is 26.2 Å². The lowest BCUT2D eigenvalue weighted by Gasteiger charge is -2.25. The molecule has 1 N–H and O–H groups in total. The second kappa shape index (κ2) is 4.53. The summed E-state index contributed by atoms with van der Waals surface area (Å²) in [5.74, 6) is 2.09. The van der Waals surface area contributed by atoms with E-state index in [-0.39, 0.29) is 0 Å². The molecule has 0 bridgehead atoms. The number of benzene rings is 1. The first-order chi connectivity index (χ1) is 9.12. The average Bonchev–Trinajstić information content (AvgIpc) is 2.68. The summed E-state index contributed by atoms with van der Waals surface area (Å²) in [6.45, 7) is 3.63. The van der Waals surface area contributed by atoms with E-state index in [1.165, 1.54) is 18.7 Å². The molecule has 0 saturated carbocycles. The largest absolute Gasteiger partial charge is 0.497 e. The second-order valence-electron chi connectivity index (χ2n) is 5.55. The van der Waals surface area contributed by atoms with Gasteiger partial charge in [-0.2, -0.15) is 4.90 Å². The number of hydrogen-bond donors (Lipinski definition) is 1. The Kier molecular flexibility index (Phi) is 2.97. The number of nitrogens with zero attached hydrogens (tertiary/aromatic N) is 2. The van der Waals surface area contributed by atoms with E-state index in [1.807, 2.05) is 31.2 Å². The van der Waals surface area contributed by atoms with Crippen molar-refractivity contribution in [3.8, 4) is 5.75 Å². The van der Waals surface area contributed by atoms with Gasteiger partial charge in [-0.25, -0.2) is 0 Å². The Bertz CT molecular complexity index is 505. The van der Waals surface area contributed by atoms with Gasteiger partial charge in [0.15, 0.2) is 6.54 Å². The Morgan fingerprint density at radius 2 is 2.00 bits per heavy atom. The van der Waals surface area contributed by atoms with Gasteiger partial charge in [-0.3, -0.25) is 4.58 Å². The van der Waals surface area contributed by atoms with E-state index in [0.29, 0.717) is 6.54 Å². The van der Waals surface area contributed by atoms with Gasteiger partial charge in [0.05, 0.1) is 13.7 Å². The highest BCUT2D eigenvalue weighted by Gasteiger charge is 2.49. The van der Waals surface area contributed by atoms with Crippen LogP contribution in [0.4, 0.5) is 5.69 Å². The normalized spacial score (nSPS) is 26.6. The molecule has 0 aromatic heterocycles. The van der Waals surface area contributed by atoms with Crippen LogP contribution in [0.2, 0.25) is 0 Å². The van der Waals surface area contributed by atoms with Crippen LogP contribution >= 0.6 is 0 Å². The minimum atomic E-state index is -0.825. The molecule has 4 heteroatoms. The number of rotatable bonds is 2. The SMILES string of the molecule is COc1ccc(N2C3=[N+](CCCC3)C[C@@]2(C)O)cc1. The zero-order valence-corrected chi connectivity index (χ0v) is 11.6. The molecule has 4 nitrogen and oxygen atoms in total. The molecular formula is C15H21N2O2+. The fraction of sp³-hybridized carbons (Fsp3) is 0.533. The molecule has 1 aromatic carbocycles. The van der Waals surface area contributed by atoms with Gasteiger partial charge < -0.3 is 9.84 Å². The number of hydrogen-bond acceptors (Lipinski definition) is 3. The predicted octanol–water partition coefficient (Wildman–Crippen LogP) is 1.82. The van der Waals surface area contributed by atoms with E-state index in [2.05, 4.69) is 9.48 Å². The van der Waals surface area contributed by atoms with Crippen LogP contribution in [-0.2, 0) is 0 Å². The zero-order valence-electron chi connectivity index (χ0n) is 11.6. The van der Waals surface area contributed by atoms with Gasteiger partial charge >= 0.3 is 0 Å².